The Hall–Kier alpha value is -3.19. The summed E-state index contributed by atoms with van der Waals surface area (Å²) in [5.41, 5.74) is 1.82. The van der Waals surface area contributed by atoms with E-state index < -0.39 is 5.97 Å². The number of benzene rings is 2. The van der Waals surface area contributed by atoms with E-state index in [1.165, 1.54) is 7.11 Å². The minimum Gasteiger partial charge on any atom is -0.464 e. The van der Waals surface area contributed by atoms with Gasteiger partial charge in [-0.3, -0.25) is 4.68 Å². The number of piperidine rings is 1. The lowest BCUT2D eigenvalue weighted by molar-refractivity contribution is -0.126. The molecule has 0 bridgehead atoms. The van der Waals surface area contributed by atoms with Gasteiger partial charge in [0, 0.05) is 25.0 Å². The summed E-state index contributed by atoms with van der Waals surface area (Å²) in [6.07, 6.45) is 1.76. The summed E-state index contributed by atoms with van der Waals surface area (Å²) < 4.78 is 6.75. The summed E-state index contributed by atoms with van der Waals surface area (Å²) in [7, 11) is 1.36. The Morgan fingerprint density at radius 3 is 2.41 bits per heavy atom. The third kappa shape index (κ3) is 4.14. The fourth-order valence-corrected chi connectivity index (χ4v) is 3.69. The van der Waals surface area contributed by atoms with Gasteiger partial charge in [0.05, 0.1) is 18.2 Å². The molecule has 2 heterocycles. The maximum Gasteiger partial charge on any atom is 0.359 e. The number of carbonyl (C=O) groups excluding carboxylic acids is 2. The Morgan fingerprint density at radius 1 is 1.00 bits per heavy atom. The first-order chi connectivity index (χ1) is 14.2. The van der Waals surface area contributed by atoms with Gasteiger partial charge in [0.1, 0.15) is 0 Å². The van der Waals surface area contributed by atoms with Crippen LogP contribution in [0.4, 0.5) is 0 Å². The molecule has 0 spiro atoms. The van der Waals surface area contributed by atoms with Gasteiger partial charge in [0.2, 0.25) is 0 Å². The molecule has 1 aliphatic heterocycles. The molecule has 7 heteroatoms. The quantitative estimate of drug-likeness (QED) is 0.619. The molecule has 1 aliphatic rings. The van der Waals surface area contributed by atoms with Crippen molar-refractivity contribution < 1.29 is 19.2 Å². The van der Waals surface area contributed by atoms with Crippen LogP contribution in [-0.2, 0) is 16.1 Å². The molecule has 29 heavy (non-hydrogen) atoms. The number of carbonyl (C=O) groups is 2. The van der Waals surface area contributed by atoms with E-state index in [4.69, 9.17) is 9.57 Å². The Balaban J connectivity index is 1.39. The highest BCUT2D eigenvalue weighted by Gasteiger charge is 2.25. The molecule has 0 atom stereocenters. The van der Waals surface area contributed by atoms with Gasteiger partial charge in [0.15, 0.2) is 5.69 Å². The molecule has 1 saturated heterocycles. The van der Waals surface area contributed by atoms with E-state index in [1.54, 1.807) is 17.2 Å². The summed E-state index contributed by atoms with van der Waals surface area (Å²) in [5.74, 6) is -0.372. The molecule has 150 valence electrons. The van der Waals surface area contributed by atoms with Crippen molar-refractivity contribution in [1.82, 2.24) is 14.8 Å². The molecule has 0 radical (unpaired) electrons. The molecule has 0 aliphatic carbocycles. The maximum absolute atomic E-state index is 12.2. The minimum atomic E-state index is -0.428. The number of aromatic nitrogens is 2. The number of esters is 1. The topological polar surface area (TPSA) is 73.7 Å². The predicted molar refractivity (Wildman–Crippen MR) is 107 cm³/mol. The Morgan fingerprint density at radius 2 is 1.69 bits per heavy atom. The van der Waals surface area contributed by atoms with Gasteiger partial charge in [0.25, 0.3) is 0 Å². The van der Waals surface area contributed by atoms with Gasteiger partial charge in [-0.2, -0.15) is 5.10 Å². The van der Waals surface area contributed by atoms with Gasteiger partial charge in [-0.05, 0) is 37.0 Å². The van der Waals surface area contributed by atoms with Gasteiger partial charge in [-0.25, -0.2) is 9.59 Å². The molecule has 4 rings (SSSR count). The van der Waals surface area contributed by atoms with E-state index in [9.17, 15) is 9.59 Å². The molecule has 0 amide bonds. The van der Waals surface area contributed by atoms with E-state index in [2.05, 4.69) is 5.10 Å². The SMILES string of the molecule is COC(=O)c1nn(CC2CCN(OC(=O)c3ccccc3)CC2)c2ccccc12. The Bertz CT molecular complexity index is 1010. The number of ether oxygens (including phenoxy) is 1. The molecule has 0 N–H and O–H groups in total. The lowest BCUT2D eigenvalue weighted by Gasteiger charge is -2.30. The van der Waals surface area contributed by atoms with Crippen LogP contribution in [0.15, 0.2) is 54.6 Å². The van der Waals surface area contributed by atoms with E-state index >= 15 is 0 Å². The van der Waals surface area contributed by atoms with Crippen LogP contribution in [0, 0.1) is 5.92 Å². The van der Waals surface area contributed by atoms with Crippen LogP contribution in [0.25, 0.3) is 10.9 Å². The molecule has 2 aromatic carbocycles. The summed E-state index contributed by atoms with van der Waals surface area (Å²) in [6, 6.07) is 16.7. The van der Waals surface area contributed by atoms with Crippen LogP contribution < -0.4 is 0 Å². The highest BCUT2D eigenvalue weighted by molar-refractivity contribution is 6.02. The molecule has 0 saturated carbocycles. The zero-order chi connectivity index (χ0) is 20.2. The highest BCUT2D eigenvalue weighted by Crippen LogP contribution is 2.24. The van der Waals surface area contributed by atoms with Crippen molar-refractivity contribution in [3.8, 4) is 0 Å². The maximum atomic E-state index is 12.2. The van der Waals surface area contributed by atoms with Crippen LogP contribution in [0.1, 0.15) is 33.7 Å². The zero-order valence-electron chi connectivity index (χ0n) is 16.3. The second-order valence-electron chi connectivity index (χ2n) is 7.16. The first-order valence-electron chi connectivity index (χ1n) is 9.72. The second-order valence-corrected chi connectivity index (χ2v) is 7.16. The highest BCUT2D eigenvalue weighted by atomic mass is 16.7. The Labute approximate surface area is 168 Å². The van der Waals surface area contributed by atoms with Gasteiger partial charge < -0.3 is 9.57 Å². The monoisotopic (exact) mass is 393 g/mol. The van der Waals surface area contributed by atoms with E-state index in [0.717, 1.165) is 23.7 Å². The summed E-state index contributed by atoms with van der Waals surface area (Å²) in [5, 5.41) is 7.03. The van der Waals surface area contributed by atoms with Crippen LogP contribution >= 0.6 is 0 Å². The van der Waals surface area contributed by atoms with E-state index in [0.29, 0.717) is 36.8 Å². The smallest absolute Gasteiger partial charge is 0.359 e. The van der Waals surface area contributed by atoms with Crippen molar-refractivity contribution in [3.63, 3.8) is 0 Å². The zero-order valence-corrected chi connectivity index (χ0v) is 16.3. The van der Waals surface area contributed by atoms with Gasteiger partial charge in [-0.1, -0.05) is 36.4 Å². The van der Waals surface area contributed by atoms with Crippen molar-refractivity contribution in [2.24, 2.45) is 5.92 Å². The number of hydrogen-bond acceptors (Lipinski definition) is 6. The van der Waals surface area contributed by atoms with Crippen molar-refractivity contribution in [2.45, 2.75) is 19.4 Å². The fraction of sp³-hybridized carbons (Fsp3) is 0.318. The normalized spacial score (nSPS) is 15.3. The van der Waals surface area contributed by atoms with E-state index in [1.807, 2.05) is 47.1 Å². The third-order valence-corrected chi connectivity index (χ3v) is 5.26. The third-order valence-electron chi connectivity index (χ3n) is 5.26. The summed E-state index contributed by atoms with van der Waals surface area (Å²) in [4.78, 5) is 29.8. The predicted octanol–water partition coefficient (Wildman–Crippen LogP) is 3.31. The number of para-hydroxylation sites is 1. The first kappa shape index (κ1) is 19.1. The molecule has 0 unspecified atom stereocenters. The lowest BCUT2D eigenvalue weighted by Crippen LogP contribution is -2.36. The van der Waals surface area contributed by atoms with Gasteiger partial charge >= 0.3 is 11.9 Å². The average Bonchev–Trinajstić information content (AvgIpc) is 3.13. The molecule has 1 fully saturated rings. The summed E-state index contributed by atoms with van der Waals surface area (Å²) >= 11 is 0. The van der Waals surface area contributed by atoms with E-state index in [-0.39, 0.29) is 5.97 Å². The fourth-order valence-electron chi connectivity index (χ4n) is 3.69. The van der Waals surface area contributed by atoms with Crippen molar-refractivity contribution >= 4 is 22.8 Å². The van der Waals surface area contributed by atoms with Crippen molar-refractivity contribution in [1.29, 1.82) is 0 Å². The van der Waals surface area contributed by atoms with Gasteiger partial charge in [-0.15, -0.1) is 5.06 Å². The second kappa shape index (κ2) is 8.45. The average molecular weight is 393 g/mol. The summed E-state index contributed by atoms with van der Waals surface area (Å²) in [6.45, 7) is 2.05. The van der Waals surface area contributed by atoms with Crippen LogP contribution in [0.5, 0.6) is 0 Å². The van der Waals surface area contributed by atoms with Crippen LogP contribution in [0.2, 0.25) is 0 Å². The number of hydrogen-bond donors (Lipinski definition) is 0. The number of nitrogens with zero attached hydrogens (tertiary/aromatic N) is 3. The molecule has 7 nitrogen and oxygen atoms in total. The minimum absolute atomic E-state index is 0.329. The molecular weight excluding hydrogens is 370 g/mol. The molecule has 3 aromatic rings. The van der Waals surface area contributed by atoms with Crippen LogP contribution in [-0.4, -0.2) is 47.0 Å². The number of methoxy groups -OCH3 is 1. The number of fused-ring (bicyclic) bond motifs is 1. The van der Waals surface area contributed by atoms with Crippen molar-refractivity contribution in [2.75, 3.05) is 20.2 Å². The van der Waals surface area contributed by atoms with Crippen LogP contribution in [0.3, 0.4) is 0 Å². The lowest BCUT2D eigenvalue weighted by atomic mass is 9.98. The molecule has 1 aromatic heterocycles. The standard InChI is InChI=1S/C22H23N3O4/c1-28-22(27)20-18-9-5-6-10-19(18)25(23-20)15-16-11-13-24(14-12-16)29-21(26)17-7-3-2-4-8-17/h2-10,16H,11-15H2,1H3. The Kier molecular flexibility index (Phi) is 5.57. The number of hydroxylamine groups is 2. The first-order valence-corrected chi connectivity index (χ1v) is 9.72. The molecular formula is C22H23N3O4. The number of rotatable bonds is 5. The largest absolute Gasteiger partial charge is 0.464 e. The van der Waals surface area contributed by atoms with Crippen molar-refractivity contribution in [3.05, 3.63) is 65.9 Å².